The first kappa shape index (κ1) is 16.5. The number of para-hydroxylation sites is 1. The topological polar surface area (TPSA) is 73.6 Å². The maximum Gasteiger partial charge on any atom is 0.239 e. The molecule has 1 rings (SSSR count). The quantitative estimate of drug-likeness (QED) is 0.704. The average molecular weight is 280 g/mol. The number of nitrogens with one attached hydrogen (secondary N) is 1. The number of carbonyl (C=O) groups is 1. The summed E-state index contributed by atoms with van der Waals surface area (Å²) in [6.07, 6.45) is 0. The lowest BCUT2D eigenvalue weighted by molar-refractivity contribution is -0.123. The molecule has 1 aromatic rings. The summed E-state index contributed by atoms with van der Waals surface area (Å²) in [7, 11) is 1.51. The molecule has 1 amide bonds. The van der Waals surface area contributed by atoms with E-state index in [1.54, 1.807) is 0 Å². The summed E-state index contributed by atoms with van der Waals surface area (Å²) in [5.74, 6) is 1.03. The molecule has 0 aliphatic rings. The maximum atomic E-state index is 11.5. The van der Waals surface area contributed by atoms with Crippen LogP contribution in [0.25, 0.3) is 0 Å². The van der Waals surface area contributed by atoms with Crippen LogP contribution >= 0.6 is 0 Å². The molecule has 0 aliphatic carbocycles. The molecular formula is C15H24N2O3. The van der Waals surface area contributed by atoms with Crippen LogP contribution in [0, 0.1) is 0 Å². The van der Waals surface area contributed by atoms with E-state index in [0.717, 1.165) is 11.3 Å². The number of methoxy groups -OCH3 is 1. The first-order chi connectivity index (χ1) is 9.56. The molecule has 0 saturated carbocycles. The van der Waals surface area contributed by atoms with Crippen LogP contribution in [-0.4, -0.2) is 38.8 Å². The summed E-state index contributed by atoms with van der Waals surface area (Å²) >= 11 is 0. The smallest absolute Gasteiger partial charge is 0.239 e. The lowest BCUT2D eigenvalue weighted by Crippen LogP contribution is -2.44. The molecule has 0 aromatic heterocycles. The lowest BCUT2D eigenvalue weighted by atomic mass is 10.0. The van der Waals surface area contributed by atoms with Crippen molar-refractivity contribution in [3.05, 3.63) is 29.8 Å². The fraction of sp³-hybridized carbons (Fsp3) is 0.533. The van der Waals surface area contributed by atoms with E-state index in [2.05, 4.69) is 19.2 Å². The summed E-state index contributed by atoms with van der Waals surface area (Å²) in [6.45, 7) is 5.28. The molecule has 112 valence electrons. The third kappa shape index (κ3) is 5.19. The SMILES string of the molecule is COCC(N)C(=O)NCCOc1ccccc1C(C)C. The Morgan fingerprint density at radius 1 is 1.35 bits per heavy atom. The number of hydrogen-bond donors (Lipinski definition) is 2. The van der Waals surface area contributed by atoms with Gasteiger partial charge in [-0.05, 0) is 17.5 Å². The highest BCUT2D eigenvalue weighted by Crippen LogP contribution is 2.25. The van der Waals surface area contributed by atoms with Gasteiger partial charge in [-0.25, -0.2) is 0 Å². The van der Waals surface area contributed by atoms with Crippen LogP contribution in [-0.2, 0) is 9.53 Å². The highest BCUT2D eigenvalue weighted by atomic mass is 16.5. The van der Waals surface area contributed by atoms with Crippen LogP contribution in [0.3, 0.4) is 0 Å². The third-order valence-corrected chi connectivity index (χ3v) is 2.88. The van der Waals surface area contributed by atoms with E-state index in [0.29, 0.717) is 19.1 Å². The largest absolute Gasteiger partial charge is 0.491 e. The molecule has 5 nitrogen and oxygen atoms in total. The fourth-order valence-electron chi connectivity index (χ4n) is 1.81. The summed E-state index contributed by atoms with van der Waals surface area (Å²) in [4.78, 5) is 11.5. The van der Waals surface area contributed by atoms with E-state index < -0.39 is 6.04 Å². The third-order valence-electron chi connectivity index (χ3n) is 2.88. The highest BCUT2D eigenvalue weighted by Gasteiger charge is 2.12. The van der Waals surface area contributed by atoms with Crippen LogP contribution < -0.4 is 15.8 Å². The lowest BCUT2D eigenvalue weighted by Gasteiger charge is -2.15. The molecule has 1 aromatic carbocycles. The van der Waals surface area contributed by atoms with Crippen molar-refractivity contribution in [3.8, 4) is 5.75 Å². The van der Waals surface area contributed by atoms with Crippen molar-refractivity contribution in [2.45, 2.75) is 25.8 Å². The molecule has 0 saturated heterocycles. The Morgan fingerprint density at radius 2 is 2.05 bits per heavy atom. The second kappa shape index (κ2) is 8.55. The van der Waals surface area contributed by atoms with Gasteiger partial charge in [-0.2, -0.15) is 0 Å². The molecule has 0 spiro atoms. The van der Waals surface area contributed by atoms with Gasteiger partial charge in [-0.3, -0.25) is 4.79 Å². The Balaban J connectivity index is 2.36. The van der Waals surface area contributed by atoms with Crippen LogP contribution in [0.4, 0.5) is 0 Å². The van der Waals surface area contributed by atoms with Gasteiger partial charge in [0.2, 0.25) is 5.91 Å². The zero-order valence-electron chi connectivity index (χ0n) is 12.4. The van der Waals surface area contributed by atoms with Gasteiger partial charge in [-0.1, -0.05) is 32.0 Å². The predicted molar refractivity (Wildman–Crippen MR) is 78.9 cm³/mol. The Labute approximate surface area is 120 Å². The van der Waals surface area contributed by atoms with Crippen molar-refractivity contribution in [3.63, 3.8) is 0 Å². The van der Waals surface area contributed by atoms with Crippen molar-refractivity contribution >= 4 is 5.91 Å². The summed E-state index contributed by atoms with van der Waals surface area (Å²) < 4.78 is 10.5. The number of benzene rings is 1. The van der Waals surface area contributed by atoms with Crippen LogP contribution in [0.1, 0.15) is 25.3 Å². The highest BCUT2D eigenvalue weighted by molar-refractivity contribution is 5.81. The molecule has 1 unspecified atom stereocenters. The Morgan fingerprint density at radius 3 is 2.70 bits per heavy atom. The van der Waals surface area contributed by atoms with Gasteiger partial charge in [0.05, 0.1) is 13.2 Å². The normalized spacial score (nSPS) is 12.2. The average Bonchev–Trinajstić information content (AvgIpc) is 2.43. The summed E-state index contributed by atoms with van der Waals surface area (Å²) in [6, 6.07) is 7.28. The van der Waals surface area contributed by atoms with Gasteiger partial charge in [0.15, 0.2) is 0 Å². The van der Waals surface area contributed by atoms with Gasteiger partial charge < -0.3 is 20.5 Å². The van der Waals surface area contributed by atoms with E-state index in [1.807, 2.05) is 24.3 Å². The summed E-state index contributed by atoms with van der Waals surface area (Å²) in [5.41, 5.74) is 6.77. The minimum Gasteiger partial charge on any atom is -0.491 e. The molecule has 20 heavy (non-hydrogen) atoms. The Kier molecular flexibility index (Phi) is 7.04. The Hall–Kier alpha value is -1.59. The van der Waals surface area contributed by atoms with E-state index in [-0.39, 0.29) is 12.5 Å². The van der Waals surface area contributed by atoms with E-state index in [9.17, 15) is 4.79 Å². The molecule has 0 fully saturated rings. The van der Waals surface area contributed by atoms with Gasteiger partial charge in [0, 0.05) is 7.11 Å². The molecule has 5 heteroatoms. The van der Waals surface area contributed by atoms with Crippen molar-refractivity contribution in [2.75, 3.05) is 26.9 Å². The van der Waals surface area contributed by atoms with Gasteiger partial charge in [0.25, 0.3) is 0 Å². The predicted octanol–water partition coefficient (Wildman–Crippen LogP) is 1.28. The maximum absolute atomic E-state index is 11.5. The summed E-state index contributed by atoms with van der Waals surface area (Å²) in [5, 5.41) is 2.72. The number of carbonyl (C=O) groups excluding carboxylic acids is 1. The number of nitrogens with two attached hydrogens (primary N) is 1. The Bertz CT molecular complexity index is 421. The minimum atomic E-state index is -0.636. The van der Waals surface area contributed by atoms with E-state index in [1.165, 1.54) is 7.11 Å². The molecule has 1 atom stereocenters. The van der Waals surface area contributed by atoms with Gasteiger partial charge >= 0.3 is 0 Å². The zero-order chi connectivity index (χ0) is 15.0. The van der Waals surface area contributed by atoms with E-state index in [4.69, 9.17) is 15.2 Å². The van der Waals surface area contributed by atoms with E-state index >= 15 is 0 Å². The minimum absolute atomic E-state index is 0.211. The first-order valence-corrected chi connectivity index (χ1v) is 6.80. The molecule has 0 bridgehead atoms. The van der Waals surface area contributed by atoms with Crippen molar-refractivity contribution in [1.29, 1.82) is 0 Å². The molecular weight excluding hydrogens is 256 g/mol. The number of ether oxygens (including phenoxy) is 2. The molecule has 3 N–H and O–H groups in total. The molecule has 0 radical (unpaired) electrons. The van der Waals surface area contributed by atoms with Crippen LogP contribution in [0.15, 0.2) is 24.3 Å². The standard InChI is InChI=1S/C15H24N2O3/c1-11(2)12-6-4-5-7-14(12)20-9-8-17-15(18)13(16)10-19-3/h4-7,11,13H,8-10,16H2,1-3H3,(H,17,18). The number of hydrogen-bond acceptors (Lipinski definition) is 4. The number of rotatable bonds is 8. The van der Waals surface area contributed by atoms with Gasteiger partial charge in [-0.15, -0.1) is 0 Å². The molecule has 0 aliphatic heterocycles. The van der Waals surface area contributed by atoms with Crippen LogP contribution in [0.5, 0.6) is 5.75 Å². The second-order valence-electron chi connectivity index (χ2n) is 4.89. The van der Waals surface area contributed by atoms with Crippen LogP contribution in [0.2, 0.25) is 0 Å². The van der Waals surface area contributed by atoms with Crippen molar-refractivity contribution in [2.24, 2.45) is 5.73 Å². The second-order valence-corrected chi connectivity index (χ2v) is 4.89. The molecule has 0 heterocycles. The van der Waals surface area contributed by atoms with Gasteiger partial charge in [0.1, 0.15) is 18.4 Å². The zero-order valence-corrected chi connectivity index (χ0v) is 12.4. The fourth-order valence-corrected chi connectivity index (χ4v) is 1.81. The first-order valence-electron chi connectivity index (χ1n) is 6.80. The van der Waals surface area contributed by atoms with Crippen molar-refractivity contribution in [1.82, 2.24) is 5.32 Å². The van der Waals surface area contributed by atoms with Crippen molar-refractivity contribution < 1.29 is 14.3 Å². The monoisotopic (exact) mass is 280 g/mol. The number of amides is 1.